The molecule has 0 aliphatic heterocycles. The van der Waals surface area contributed by atoms with Crippen molar-refractivity contribution >= 4 is 17.5 Å². The van der Waals surface area contributed by atoms with Crippen LogP contribution >= 0.6 is 11.6 Å². The van der Waals surface area contributed by atoms with Gasteiger partial charge in [-0.3, -0.25) is 9.48 Å². The molecule has 2 aromatic heterocycles. The molecule has 0 fully saturated rings. The molecular weight excluding hydrogens is 374 g/mol. The summed E-state index contributed by atoms with van der Waals surface area (Å²) in [5, 5.41) is 12.0. The number of benzene rings is 2. The van der Waals surface area contributed by atoms with Crippen LogP contribution in [-0.2, 0) is 13.1 Å². The Morgan fingerprint density at radius 2 is 1.75 bits per heavy atom. The van der Waals surface area contributed by atoms with Gasteiger partial charge in [0.2, 0.25) is 0 Å². The molecule has 0 saturated heterocycles. The molecular formula is C21H18ClN5O. The van der Waals surface area contributed by atoms with Gasteiger partial charge in [0.1, 0.15) is 0 Å². The third-order valence-electron chi connectivity index (χ3n) is 4.32. The molecule has 0 bridgehead atoms. The Morgan fingerprint density at radius 3 is 2.46 bits per heavy atom. The Labute approximate surface area is 167 Å². The fraction of sp³-hybridized carbons (Fsp3) is 0.0952. The first-order valence-corrected chi connectivity index (χ1v) is 9.19. The highest BCUT2D eigenvalue weighted by Gasteiger charge is 2.09. The number of nitrogens with zero attached hydrogens (tertiary/aromatic N) is 4. The van der Waals surface area contributed by atoms with Crippen LogP contribution in [0.5, 0.6) is 0 Å². The molecule has 4 rings (SSSR count). The molecule has 7 heteroatoms. The predicted octanol–water partition coefficient (Wildman–Crippen LogP) is 3.70. The molecule has 28 heavy (non-hydrogen) atoms. The Bertz CT molecular complexity index is 1050. The minimum absolute atomic E-state index is 0.166. The van der Waals surface area contributed by atoms with Gasteiger partial charge < -0.3 is 5.32 Å². The summed E-state index contributed by atoms with van der Waals surface area (Å²) in [4.78, 5) is 12.4. The highest BCUT2D eigenvalue weighted by atomic mass is 35.5. The summed E-state index contributed by atoms with van der Waals surface area (Å²) in [6.07, 6.45) is 6.94. The summed E-state index contributed by atoms with van der Waals surface area (Å²) < 4.78 is 3.52. The largest absolute Gasteiger partial charge is 0.348 e. The van der Waals surface area contributed by atoms with Crippen LogP contribution in [0.1, 0.15) is 21.5 Å². The number of carbonyl (C=O) groups excluding carboxylic acids is 1. The first-order chi connectivity index (χ1) is 13.7. The van der Waals surface area contributed by atoms with Crippen LogP contribution < -0.4 is 5.32 Å². The van der Waals surface area contributed by atoms with Gasteiger partial charge in [0, 0.05) is 30.2 Å². The Kier molecular flexibility index (Phi) is 5.21. The van der Waals surface area contributed by atoms with Gasteiger partial charge in [-0.15, -0.1) is 0 Å². The van der Waals surface area contributed by atoms with E-state index in [1.807, 2.05) is 53.3 Å². The second-order valence-electron chi connectivity index (χ2n) is 6.35. The highest BCUT2D eigenvalue weighted by Crippen LogP contribution is 2.13. The lowest BCUT2D eigenvalue weighted by Gasteiger charge is -2.06. The smallest absolute Gasteiger partial charge is 0.254 e. The Balaban J connectivity index is 1.34. The van der Waals surface area contributed by atoms with E-state index < -0.39 is 0 Å². The van der Waals surface area contributed by atoms with Crippen LogP contribution in [0.25, 0.3) is 5.69 Å². The molecule has 0 saturated carbocycles. The van der Waals surface area contributed by atoms with E-state index in [0.717, 1.165) is 23.4 Å². The van der Waals surface area contributed by atoms with Gasteiger partial charge in [0.15, 0.2) is 0 Å². The van der Waals surface area contributed by atoms with Crippen LogP contribution in [0.15, 0.2) is 79.4 Å². The third-order valence-corrected chi connectivity index (χ3v) is 4.57. The SMILES string of the molecule is O=C(NCc1ccc(Cn2cccn2)cc1)c1cnn(-c2ccc(Cl)cc2)c1. The number of carbonyl (C=O) groups is 1. The van der Waals surface area contributed by atoms with Crippen LogP contribution in [0.4, 0.5) is 0 Å². The van der Waals surface area contributed by atoms with Crippen LogP contribution in [0.3, 0.4) is 0 Å². The molecule has 140 valence electrons. The maximum absolute atomic E-state index is 12.4. The van der Waals surface area contributed by atoms with Crippen LogP contribution in [0, 0.1) is 0 Å². The van der Waals surface area contributed by atoms with Gasteiger partial charge in [-0.25, -0.2) is 4.68 Å². The summed E-state index contributed by atoms with van der Waals surface area (Å²) in [5.41, 5.74) is 3.53. The van der Waals surface area contributed by atoms with Crippen molar-refractivity contribution in [2.24, 2.45) is 0 Å². The fourth-order valence-electron chi connectivity index (χ4n) is 2.80. The van der Waals surface area contributed by atoms with Crippen LogP contribution in [0.2, 0.25) is 5.02 Å². The Morgan fingerprint density at radius 1 is 1.00 bits per heavy atom. The highest BCUT2D eigenvalue weighted by molar-refractivity contribution is 6.30. The molecule has 1 amide bonds. The van der Waals surface area contributed by atoms with Crippen molar-refractivity contribution in [2.45, 2.75) is 13.1 Å². The molecule has 1 N–H and O–H groups in total. The van der Waals surface area contributed by atoms with Crippen LogP contribution in [-0.4, -0.2) is 25.5 Å². The molecule has 2 aromatic carbocycles. The van der Waals surface area contributed by atoms with Gasteiger partial charge in [-0.05, 0) is 41.5 Å². The third kappa shape index (κ3) is 4.29. The number of amides is 1. The number of hydrogen-bond acceptors (Lipinski definition) is 3. The van der Waals surface area contributed by atoms with E-state index >= 15 is 0 Å². The molecule has 0 aliphatic carbocycles. The maximum Gasteiger partial charge on any atom is 0.254 e. The molecule has 4 aromatic rings. The summed E-state index contributed by atoms with van der Waals surface area (Å²) >= 11 is 5.90. The lowest BCUT2D eigenvalue weighted by Crippen LogP contribution is -2.22. The number of aromatic nitrogens is 4. The van der Waals surface area contributed by atoms with E-state index in [1.165, 1.54) is 0 Å². The van der Waals surface area contributed by atoms with Crippen molar-refractivity contribution in [1.82, 2.24) is 24.9 Å². The summed E-state index contributed by atoms with van der Waals surface area (Å²) in [6, 6.07) is 17.3. The summed E-state index contributed by atoms with van der Waals surface area (Å²) in [7, 11) is 0. The van der Waals surface area contributed by atoms with E-state index in [2.05, 4.69) is 15.5 Å². The van der Waals surface area contributed by atoms with Gasteiger partial charge in [-0.1, -0.05) is 35.9 Å². The second-order valence-corrected chi connectivity index (χ2v) is 6.79. The predicted molar refractivity (Wildman–Crippen MR) is 108 cm³/mol. The van der Waals surface area contributed by atoms with Crippen molar-refractivity contribution in [1.29, 1.82) is 0 Å². The van der Waals surface area contributed by atoms with Gasteiger partial charge >= 0.3 is 0 Å². The average molecular weight is 392 g/mol. The molecule has 0 unspecified atom stereocenters. The van der Waals surface area contributed by atoms with Crippen molar-refractivity contribution in [2.75, 3.05) is 0 Å². The van der Waals surface area contributed by atoms with E-state index in [1.54, 1.807) is 35.4 Å². The van der Waals surface area contributed by atoms with E-state index in [4.69, 9.17) is 11.6 Å². The second kappa shape index (κ2) is 8.10. The minimum atomic E-state index is -0.166. The number of hydrogen-bond donors (Lipinski definition) is 1. The number of rotatable bonds is 6. The maximum atomic E-state index is 12.4. The summed E-state index contributed by atoms with van der Waals surface area (Å²) in [6.45, 7) is 1.18. The lowest BCUT2D eigenvalue weighted by molar-refractivity contribution is 0.0951. The zero-order chi connectivity index (χ0) is 19.3. The fourth-order valence-corrected chi connectivity index (χ4v) is 2.93. The Hall–Kier alpha value is -3.38. The first kappa shape index (κ1) is 18.0. The van der Waals surface area contributed by atoms with Crippen molar-refractivity contribution in [3.05, 3.63) is 101 Å². The molecule has 6 nitrogen and oxygen atoms in total. The number of halogens is 1. The monoisotopic (exact) mass is 391 g/mol. The first-order valence-electron chi connectivity index (χ1n) is 8.81. The zero-order valence-corrected chi connectivity index (χ0v) is 15.8. The molecule has 2 heterocycles. The molecule has 0 spiro atoms. The minimum Gasteiger partial charge on any atom is -0.348 e. The quantitative estimate of drug-likeness (QED) is 0.545. The van der Waals surface area contributed by atoms with Gasteiger partial charge in [0.05, 0.1) is 24.0 Å². The number of nitrogens with one attached hydrogen (secondary N) is 1. The standard InChI is InChI=1S/C21H18ClN5O/c22-19-6-8-20(9-7-19)27-15-18(13-25-27)21(28)23-12-16-2-4-17(5-3-16)14-26-11-1-10-24-26/h1-11,13,15H,12,14H2,(H,23,28). The van der Waals surface area contributed by atoms with Crippen molar-refractivity contribution in [3.8, 4) is 5.69 Å². The van der Waals surface area contributed by atoms with E-state index in [0.29, 0.717) is 17.1 Å². The average Bonchev–Trinajstić information content (AvgIpc) is 3.40. The lowest BCUT2D eigenvalue weighted by atomic mass is 10.1. The van der Waals surface area contributed by atoms with Crippen molar-refractivity contribution in [3.63, 3.8) is 0 Å². The molecule has 0 atom stereocenters. The zero-order valence-electron chi connectivity index (χ0n) is 15.0. The molecule has 0 radical (unpaired) electrons. The topological polar surface area (TPSA) is 64.7 Å². The normalized spacial score (nSPS) is 10.8. The molecule has 0 aliphatic rings. The van der Waals surface area contributed by atoms with Crippen molar-refractivity contribution < 1.29 is 4.79 Å². The van der Waals surface area contributed by atoms with E-state index in [9.17, 15) is 4.79 Å². The van der Waals surface area contributed by atoms with E-state index in [-0.39, 0.29) is 5.91 Å². The summed E-state index contributed by atoms with van der Waals surface area (Å²) in [5.74, 6) is -0.166. The van der Waals surface area contributed by atoms with Gasteiger partial charge in [-0.2, -0.15) is 10.2 Å². The van der Waals surface area contributed by atoms with Gasteiger partial charge in [0.25, 0.3) is 5.91 Å².